The highest BCUT2D eigenvalue weighted by Gasteiger charge is 2.15. The van der Waals surface area contributed by atoms with Crippen molar-refractivity contribution in [3.63, 3.8) is 0 Å². The molecule has 1 aromatic heterocycles. The second-order valence-electron chi connectivity index (χ2n) is 2.38. The molecule has 0 saturated heterocycles. The summed E-state index contributed by atoms with van der Waals surface area (Å²) in [5, 5.41) is 20.5. The zero-order valence-corrected chi connectivity index (χ0v) is 6.63. The summed E-state index contributed by atoms with van der Waals surface area (Å²) in [5.74, 6) is -1.02. The van der Waals surface area contributed by atoms with Crippen molar-refractivity contribution in [1.29, 1.82) is 0 Å². The number of nitro groups is 2. The van der Waals surface area contributed by atoms with Crippen molar-refractivity contribution in [3.05, 3.63) is 37.9 Å². The van der Waals surface area contributed by atoms with Crippen molar-refractivity contribution in [2.24, 2.45) is 0 Å². The first-order valence-corrected chi connectivity index (χ1v) is 3.28. The second kappa shape index (κ2) is 3.13. The van der Waals surface area contributed by atoms with Gasteiger partial charge in [0, 0.05) is 17.1 Å². The summed E-state index contributed by atoms with van der Waals surface area (Å²) < 4.78 is 0. The van der Waals surface area contributed by atoms with Crippen molar-refractivity contribution in [2.75, 3.05) is 0 Å². The molecule has 1 aromatic rings. The molecule has 1 rings (SSSR count). The van der Waals surface area contributed by atoms with Gasteiger partial charge in [-0.2, -0.15) is 0 Å². The predicted molar refractivity (Wildman–Crippen MR) is 42.3 cm³/mol. The van der Waals surface area contributed by atoms with Crippen LogP contribution in [0, 0.1) is 27.2 Å². The van der Waals surface area contributed by atoms with E-state index in [9.17, 15) is 20.2 Å². The maximum Gasteiger partial charge on any atom is 0.368 e. The van der Waals surface area contributed by atoms with Gasteiger partial charge in [0.2, 0.25) is 0 Å². The maximum absolute atomic E-state index is 10.2. The first-order valence-electron chi connectivity index (χ1n) is 3.28. The molecule has 0 aliphatic heterocycles. The fourth-order valence-corrected chi connectivity index (χ4v) is 0.818. The molecule has 1 heterocycles. The zero-order chi connectivity index (χ0) is 10.0. The Balaban J connectivity index is 3.26. The van der Waals surface area contributed by atoms with Crippen LogP contribution in [0.2, 0.25) is 0 Å². The lowest BCUT2D eigenvalue weighted by atomic mass is 10.3. The maximum atomic E-state index is 10.2. The van der Waals surface area contributed by atoms with Crippen LogP contribution in [0.4, 0.5) is 11.6 Å². The third kappa shape index (κ3) is 1.95. The summed E-state index contributed by atoms with van der Waals surface area (Å²) in [6, 6.07) is 2.35. The first kappa shape index (κ1) is 9.04. The van der Waals surface area contributed by atoms with Crippen molar-refractivity contribution in [1.82, 2.24) is 4.98 Å². The van der Waals surface area contributed by atoms with Crippen molar-refractivity contribution in [3.8, 4) is 0 Å². The smallest absolute Gasteiger partial charge is 0.358 e. The summed E-state index contributed by atoms with van der Waals surface area (Å²) in [7, 11) is 0. The molecule has 0 radical (unpaired) electrons. The molecule has 0 aliphatic carbocycles. The third-order valence-electron chi connectivity index (χ3n) is 1.32. The van der Waals surface area contributed by atoms with Crippen molar-refractivity contribution >= 4 is 11.6 Å². The normalized spacial score (nSPS) is 9.62. The summed E-state index contributed by atoms with van der Waals surface area (Å²) >= 11 is 0. The van der Waals surface area contributed by atoms with E-state index in [-0.39, 0.29) is 0 Å². The molecular weight excluding hydrogens is 178 g/mol. The lowest BCUT2D eigenvalue weighted by Crippen LogP contribution is -1.97. The van der Waals surface area contributed by atoms with Crippen LogP contribution in [-0.4, -0.2) is 14.8 Å². The van der Waals surface area contributed by atoms with Gasteiger partial charge in [0.1, 0.15) is 0 Å². The van der Waals surface area contributed by atoms with E-state index in [1.807, 2.05) is 0 Å². The SMILES string of the molecule is Cc1cc([N+](=O)[O-])nc([N+](=O)[O-])c1. The fourth-order valence-electron chi connectivity index (χ4n) is 0.818. The van der Waals surface area contributed by atoms with Gasteiger partial charge in [-0.1, -0.05) is 0 Å². The third-order valence-corrected chi connectivity index (χ3v) is 1.32. The quantitative estimate of drug-likeness (QED) is 0.506. The van der Waals surface area contributed by atoms with Gasteiger partial charge in [-0.3, -0.25) is 0 Å². The van der Waals surface area contributed by atoms with Gasteiger partial charge in [0.05, 0.1) is 0 Å². The van der Waals surface area contributed by atoms with Crippen molar-refractivity contribution in [2.45, 2.75) is 6.92 Å². The number of aromatic nitrogens is 1. The van der Waals surface area contributed by atoms with E-state index >= 15 is 0 Å². The predicted octanol–water partition coefficient (Wildman–Crippen LogP) is 1.21. The van der Waals surface area contributed by atoms with Crippen LogP contribution in [0.25, 0.3) is 0 Å². The van der Waals surface area contributed by atoms with E-state index in [1.165, 1.54) is 19.1 Å². The molecule has 68 valence electrons. The number of nitrogens with zero attached hydrogens (tertiary/aromatic N) is 3. The van der Waals surface area contributed by atoms with E-state index in [1.54, 1.807) is 0 Å². The van der Waals surface area contributed by atoms with Crippen LogP contribution in [0.1, 0.15) is 5.56 Å². The molecule has 0 spiro atoms. The molecule has 0 aliphatic rings. The van der Waals surface area contributed by atoms with E-state index in [4.69, 9.17) is 0 Å². The van der Waals surface area contributed by atoms with E-state index in [0.717, 1.165) is 0 Å². The lowest BCUT2D eigenvalue weighted by Gasteiger charge is -1.95. The van der Waals surface area contributed by atoms with Crippen LogP contribution < -0.4 is 0 Å². The molecule has 0 atom stereocenters. The molecular formula is C6H5N3O4. The molecule has 0 bridgehead atoms. The Kier molecular flexibility index (Phi) is 2.18. The van der Waals surface area contributed by atoms with E-state index in [0.29, 0.717) is 5.56 Å². The Hall–Kier alpha value is -2.05. The van der Waals surface area contributed by atoms with Crippen molar-refractivity contribution < 1.29 is 9.85 Å². The number of pyridine rings is 1. The summed E-state index contributed by atoms with van der Waals surface area (Å²) in [6.45, 7) is 1.53. The summed E-state index contributed by atoms with van der Waals surface area (Å²) in [5.41, 5.74) is 0.438. The standard InChI is InChI=1S/C6H5N3O4/c1-4-2-5(8(10)11)7-6(3-4)9(12)13/h2-3H,1H3. The number of rotatable bonds is 2. The Morgan fingerprint density at radius 2 is 1.54 bits per heavy atom. The van der Waals surface area contributed by atoms with E-state index in [2.05, 4.69) is 4.98 Å². The summed E-state index contributed by atoms with van der Waals surface area (Å²) in [4.78, 5) is 22.2. The van der Waals surface area contributed by atoms with Crippen LogP contribution in [0.15, 0.2) is 12.1 Å². The lowest BCUT2D eigenvalue weighted by molar-refractivity contribution is -0.403. The van der Waals surface area contributed by atoms with Gasteiger partial charge >= 0.3 is 11.6 Å². The molecule has 0 fully saturated rings. The second-order valence-corrected chi connectivity index (χ2v) is 2.38. The molecule has 7 heteroatoms. The van der Waals surface area contributed by atoms with E-state index < -0.39 is 21.5 Å². The zero-order valence-electron chi connectivity index (χ0n) is 6.63. The Labute approximate surface area is 72.3 Å². The number of aryl methyl sites for hydroxylation is 1. The topological polar surface area (TPSA) is 99.2 Å². The Bertz CT molecular complexity index is 344. The minimum atomic E-state index is -0.764. The average molecular weight is 183 g/mol. The Morgan fingerprint density at radius 1 is 1.15 bits per heavy atom. The Morgan fingerprint density at radius 3 is 1.85 bits per heavy atom. The molecule has 7 nitrogen and oxygen atoms in total. The molecule has 0 N–H and O–H groups in total. The molecule has 0 unspecified atom stereocenters. The largest absolute Gasteiger partial charge is 0.368 e. The molecule has 0 saturated carbocycles. The molecule has 0 aromatic carbocycles. The average Bonchev–Trinajstić information content (AvgIpc) is 2.03. The minimum Gasteiger partial charge on any atom is -0.358 e. The van der Waals surface area contributed by atoms with Gasteiger partial charge in [-0.05, 0) is 22.3 Å². The highest BCUT2D eigenvalue weighted by Crippen LogP contribution is 2.16. The fraction of sp³-hybridized carbons (Fsp3) is 0.167. The van der Waals surface area contributed by atoms with Crippen LogP contribution >= 0.6 is 0 Å². The van der Waals surface area contributed by atoms with Gasteiger partial charge in [0.25, 0.3) is 0 Å². The van der Waals surface area contributed by atoms with Gasteiger partial charge in [0.15, 0.2) is 0 Å². The first-order chi connectivity index (χ1) is 6.00. The number of hydrogen-bond donors (Lipinski definition) is 0. The minimum absolute atomic E-state index is 0.438. The monoisotopic (exact) mass is 183 g/mol. The number of hydrogen-bond acceptors (Lipinski definition) is 5. The molecule has 0 amide bonds. The highest BCUT2D eigenvalue weighted by atomic mass is 16.6. The highest BCUT2D eigenvalue weighted by molar-refractivity contribution is 5.34. The van der Waals surface area contributed by atoms with Gasteiger partial charge in [-0.15, -0.1) is 0 Å². The summed E-state index contributed by atoms with van der Waals surface area (Å²) in [6.07, 6.45) is 0. The van der Waals surface area contributed by atoms with Gasteiger partial charge in [-0.25, -0.2) is 0 Å². The molecule has 13 heavy (non-hydrogen) atoms. The van der Waals surface area contributed by atoms with Crippen LogP contribution in [0.3, 0.4) is 0 Å². The van der Waals surface area contributed by atoms with Gasteiger partial charge < -0.3 is 20.2 Å². The van der Waals surface area contributed by atoms with Crippen LogP contribution in [0.5, 0.6) is 0 Å². The van der Waals surface area contributed by atoms with Crippen LogP contribution in [-0.2, 0) is 0 Å².